The van der Waals surface area contributed by atoms with Crippen LogP contribution < -0.4 is 10.2 Å². The maximum atomic E-state index is 13.0. The van der Waals surface area contributed by atoms with E-state index < -0.39 is 24.0 Å². The standard InChI is InChI=1S/C13H18BF4O2/c1-10(2)5-6-19-7-8-20-13-9-11(15)3-4-12(13)14(16,17)18/h3-4,9-10H,5-8H2,1-2H3/q-1. The summed E-state index contributed by atoms with van der Waals surface area (Å²) in [6.07, 6.45) is 0.872. The molecule has 0 radical (unpaired) electrons. The number of hydrogen-bond donors (Lipinski definition) is 0. The Bertz CT molecular complexity index is 421. The maximum Gasteiger partial charge on any atom is 0.513 e. The molecule has 7 heteroatoms. The maximum absolute atomic E-state index is 13.0. The molecule has 0 unspecified atom stereocenters. The van der Waals surface area contributed by atoms with Crippen LogP contribution in [0, 0.1) is 11.7 Å². The first-order valence-electron chi connectivity index (χ1n) is 6.50. The van der Waals surface area contributed by atoms with Gasteiger partial charge in [0, 0.05) is 12.7 Å². The zero-order valence-corrected chi connectivity index (χ0v) is 11.5. The van der Waals surface area contributed by atoms with E-state index >= 15 is 0 Å². The second-order valence-electron chi connectivity index (χ2n) is 4.90. The van der Waals surface area contributed by atoms with Gasteiger partial charge in [-0.25, -0.2) is 4.39 Å². The highest BCUT2D eigenvalue weighted by molar-refractivity contribution is 6.74. The van der Waals surface area contributed by atoms with Crippen molar-refractivity contribution in [2.45, 2.75) is 20.3 Å². The summed E-state index contributed by atoms with van der Waals surface area (Å²) in [7, 11) is 0. The van der Waals surface area contributed by atoms with Gasteiger partial charge in [0.15, 0.2) is 0 Å². The minimum atomic E-state index is -5.22. The fourth-order valence-electron chi connectivity index (χ4n) is 1.54. The van der Waals surface area contributed by atoms with E-state index in [2.05, 4.69) is 0 Å². The molecule has 0 amide bonds. The largest absolute Gasteiger partial charge is 0.513 e. The monoisotopic (exact) mass is 293 g/mol. The molecule has 1 aromatic rings. The normalized spacial score (nSPS) is 11.9. The van der Waals surface area contributed by atoms with Crippen molar-refractivity contribution in [1.82, 2.24) is 0 Å². The molecule has 0 bridgehead atoms. The second kappa shape index (κ2) is 7.52. The van der Waals surface area contributed by atoms with Crippen molar-refractivity contribution >= 4 is 12.4 Å². The fraction of sp³-hybridized carbons (Fsp3) is 0.538. The molecule has 0 fully saturated rings. The summed E-state index contributed by atoms with van der Waals surface area (Å²) in [6.45, 7) is -0.470. The molecular formula is C13H18BF4O2-. The zero-order chi connectivity index (χ0) is 15.2. The molecule has 2 nitrogen and oxygen atoms in total. The first-order chi connectivity index (χ1) is 9.30. The summed E-state index contributed by atoms with van der Waals surface area (Å²) < 4.78 is 61.4. The van der Waals surface area contributed by atoms with E-state index in [0.717, 1.165) is 18.6 Å². The average molecular weight is 293 g/mol. The number of benzene rings is 1. The molecule has 0 N–H and O–H groups in total. The number of ether oxygens (including phenoxy) is 2. The molecule has 0 aliphatic heterocycles. The van der Waals surface area contributed by atoms with E-state index in [1.54, 1.807) is 0 Å². The summed E-state index contributed by atoms with van der Waals surface area (Å²) in [5.41, 5.74) is -0.923. The van der Waals surface area contributed by atoms with Crippen molar-refractivity contribution in [3.63, 3.8) is 0 Å². The molecular weight excluding hydrogens is 275 g/mol. The third-order valence-electron chi connectivity index (χ3n) is 2.65. The minimum absolute atomic E-state index is 0.0410. The highest BCUT2D eigenvalue weighted by atomic mass is 19.4. The van der Waals surface area contributed by atoms with Crippen molar-refractivity contribution in [2.24, 2.45) is 5.92 Å². The van der Waals surface area contributed by atoms with Crippen LogP contribution in [0.3, 0.4) is 0 Å². The lowest BCUT2D eigenvalue weighted by molar-refractivity contribution is 0.0927. The summed E-state index contributed by atoms with van der Waals surface area (Å²) in [6, 6.07) is 2.22. The van der Waals surface area contributed by atoms with Gasteiger partial charge < -0.3 is 22.4 Å². The predicted octanol–water partition coefficient (Wildman–Crippen LogP) is 3.32. The second-order valence-corrected chi connectivity index (χ2v) is 4.90. The van der Waals surface area contributed by atoms with Crippen LogP contribution in [-0.2, 0) is 4.74 Å². The molecule has 1 aromatic carbocycles. The van der Waals surface area contributed by atoms with Gasteiger partial charge in [-0.05, 0) is 18.4 Å². The Labute approximate surface area is 116 Å². The number of rotatable bonds is 8. The van der Waals surface area contributed by atoms with Crippen LogP contribution in [-0.4, -0.2) is 26.8 Å². The van der Waals surface area contributed by atoms with Crippen molar-refractivity contribution in [3.8, 4) is 5.75 Å². The summed E-state index contributed by atoms with van der Waals surface area (Å²) >= 11 is 0. The quantitative estimate of drug-likeness (QED) is 0.416. The van der Waals surface area contributed by atoms with Crippen LogP contribution in [0.2, 0.25) is 0 Å². The van der Waals surface area contributed by atoms with Crippen molar-refractivity contribution in [3.05, 3.63) is 24.0 Å². The molecule has 1 rings (SSSR count). The Hall–Kier alpha value is -1.24. The Morgan fingerprint density at radius 1 is 1.10 bits per heavy atom. The molecule has 0 atom stereocenters. The summed E-state index contributed by atoms with van der Waals surface area (Å²) in [5.74, 6) is -0.742. The Kier molecular flexibility index (Phi) is 6.32. The van der Waals surface area contributed by atoms with Gasteiger partial charge in [-0.3, -0.25) is 0 Å². The van der Waals surface area contributed by atoms with Crippen molar-refractivity contribution in [1.29, 1.82) is 0 Å². The lowest BCUT2D eigenvalue weighted by Gasteiger charge is -2.19. The van der Waals surface area contributed by atoms with Crippen molar-refractivity contribution < 1.29 is 26.8 Å². The van der Waals surface area contributed by atoms with E-state index in [4.69, 9.17) is 9.47 Å². The molecule has 0 saturated heterocycles. The van der Waals surface area contributed by atoms with Crippen LogP contribution in [0.1, 0.15) is 20.3 Å². The van der Waals surface area contributed by atoms with Crippen molar-refractivity contribution in [2.75, 3.05) is 19.8 Å². The molecule has 0 aliphatic carbocycles. The van der Waals surface area contributed by atoms with E-state index in [0.29, 0.717) is 18.6 Å². The predicted molar refractivity (Wildman–Crippen MR) is 70.9 cm³/mol. The van der Waals surface area contributed by atoms with Gasteiger partial charge in [0.25, 0.3) is 0 Å². The van der Waals surface area contributed by atoms with Gasteiger partial charge in [0.2, 0.25) is 0 Å². The number of halogens is 4. The van der Waals surface area contributed by atoms with Gasteiger partial charge in [0.1, 0.15) is 12.4 Å². The summed E-state index contributed by atoms with van der Waals surface area (Å²) in [4.78, 5) is 0. The topological polar surface area (TPSA) is 18.5 Å². The minimum Gasteiger partial charge on any atom is -0.494 e. The molecule has 0 spiro atoms. The van der Waals surface area contributed by atoms with Gasteiger partial charge in [-0.2, -0.15) is 0 Å². The van der Waals surface area contributed by atoms with Gasteiger partial charge in [0.05, 0.1) is 12.4 Å². The molecule has 0 saturated carbocycles. The van der Waals surface area contributed by atoms with E-state index in [1.165, 1.54) is 0 Å². The molecule has 114 valence electrons. The third kappa shape index (κ3) is 5.82. The Morgan fingerprint density at radius 3 is 2.40 bits per heavy atom. The first-order valence-corrected chi connectivity index (χ1v) is 6.50. The Morgan fingerprint density at radius 2 is 1.80 bits per heavy atom. The van der Waals surface area contributed by atoms with Crippen LogP contribution in [0.4, 0.5) is 17.3 Å². The highest BCUT2D eigenvalue weighted by Gasteiger charge is 2.29. The van der Waals surface area contributed by atoms with Gasteiger partial charge >= 0.3 is 6.98 Å². The first kappa shape index (κ1) is 16.8. The lowest BCUT2D eigenvalue weighted by atomic mass is 9.79. The van der Waals surface area contributed by atoms with E-state index in [-0.39, 0.29) is 13.2 Å². The van der Waals surface area contributed by atoms with E-state index in [9.17, 15) is 17.3 Å². The fourth-order valence-corrected chi connectivity index (χ4v) is 1.54. The van der Waals surface area contributed by atoms with Gasteiger partial charge in [-0.1, -0.05) is 25.4 Å². The van der Waals surface area contributed by atoms with Crippen LogP contribution in [0.15, 0.2) is 18.2 Å². The number of hydrogen-bond acceptors (Lipinski definition) is 2. The van der Waals surface area contributed by atoms with Crippen LogP contribution in [0.25, 0.3) is 0 Å². The summed E-state index contributed by atoms with van der Waals surface area (Å²) in [5, 5.41) is 0. The smallest absolute Gasteiger partial charge is 0.494 e. The van der Waals surface area contributed by atoms with Crippen LogP contribution in [0.5, 0.6) is 5.75 Å². The molecule has 20 heavy (non-hydrogen) atoms. The van der Waals surface area contributed by atoms with Crippen LogP contribution >= 0.6 is 0 Å². The highest BCUT2D eigenvalue weighted by Crippen LogP contribution is 2.19. The third-order valence-corrected chi connectivity index (χ3v) is 2.65. The van der Waals surface area contributed by atoms with E-state index in [1.807, 2.05) is 13.8 Å². The molecule has 0 heterocycles. The Balaban J connectivity index is 2.49. The van der Waals surface area contributed by atoms with Gasteiger partial charge in [-0.15, -0.1) is 0 Å². The lowest BCUT2D eigenvalue weighted by Crippen LogP contribution is -2.35. The zero-order valence-electron chi connectivity index (χ0n) is 11.5. The molecule has 0 aromatic heterocycles. The molecule has 0 aliphatic rings. The average Bonchev–Trinajstić information content (AvgIpc) is 2.31. The SMILES string of the molecule is CC(C)CCOCCOc1cc(F)ccc1[B-](F)(F)F.